The second kappa shape index (κ2) is 9.75. The Bertz CT molecular complexity index is 1040. The van der Waals surface area contributed by atoms with E-state index in [4.69, 9.17) is 4.42 Å². The third kappa shape index (κ3) is 5.26. The van der Waals surface area contributed by atoms with E-state index in [1.807, 2.05) is 6.07 Å². The van der Waals surface area contributed by atoms with Crippen LogP contribution < -0.4 is 5.32 Å². The summed E-state index contributed by atoms with van der Waals surface area (Å²) in [6.45, 7) is -0.196. The fraction of sp³-hybridized carbons (Fsp3) is 0.143. The Morgan fingerprint density at radius 2 is 1.90 bits per heavy atom. The summed E-state index contributed by atoms with van der Waals surface area (Å²) in [6.07, 6.45) is 3.20. The van der Waals surface area contributed by atoms with E-state index in [1.54, 1.807) is 42.7 Å². The zero-order valence-electron chi connectivity index (χ0n) is 16.1. The lowest BCUT2D eigenvalue weighted by atomic mass is 10.1. The Morgan fingerprint density at radius 3 is 2.53 bits per heavy atom. The number of rotatable bonds is 8. The molecule has 0 aliphatic carbocycles. The maximum atomic E-state index is 13.1. The highest BCUT2D eigenvalue weighted by Gasteiger charge is 2.23. The molecule has 0 aliphatic heterocycles. The summed E-state index contributed by atoms with van der Waals surface area (Å²) in [6, 6.07) is 16.5. The van der Waals surface area contributed by atoms with Crippen molar-refractivity contribution < 1.29 is 18.9 Å². The molecule has 1 heterocycles. The molecule has 2 amide bonds. The van der Waals surface area contributed by atoms with Crippen molar-refractivity contribution in [2.75, 3.05) is 18.1 Å². The molecule has 3 rings (SSSR count). The molecule has 0 aliphatic rings. The Kier molecular flexibility index (Phi) is 6.87. The number of nitrogens with one attached hydrogen (secondary N) is 1. The summed E-state index contributed by atoms with van der Waals surface area (Å²) < 4.78 is 5.31. The van der Waals surface area contributed by atoms with Gasteiger partial charge in [-0.3, -0.25) is 19.7 Å². The molecule has 1 aromatic heterocycles. The third-order valence-corrected chi connectivity index (χ3v) is 5.01. The first-order valence-electron chi connectivity index (χ1n) is 8.97. The second-order valence-corrected chi connectivity index (χ2v) is 7.15. The summed E-state index contributed by atoms with van der Waals surface area (Å²) >= 11 is 1.22. The van der Waals surface area contributed by atoms with Crippen LogP contribution in [0.25, 0.3) is 0 Å². The van der Waals surface area contributed by atoms with Gasteiger partial charge in [0.25, 0.3) is 11.6 Å². The first-order chi connectivity index (χ1) is 14.5. The van der Waals surface area contributed by atoms with Gasteiger partial charge in [0.2, 0.25) is 5.91 Å². The maximum Gasteiger partial charge on any atom is 0.283 e. The number of anilines is 1. The van der Waals surface area contributed by atoms with E-state index < -0.39 is 16.7 Å². The topological polar surface area (TPSA) is 106 Å². The molecule has 30 heavy (non-hydrogen) atoms. The van der Waals surface area contributed by atoms with Gasteiger partial charge in [0.05, 0.1) is 22.6 Å². The fourth-order valence-electron chi connectivity index (χ4n) is 2.83. The van der Waals surface area contributed by atoms with Gasteiger partial charge in [-0.1, -0.05) is 18.2 Å². The fourth-order valence-corrected chi connectivity index (χ4v) is 3.38. The number of furan rings is 1. The predicted octanol–water partition coefficient (Wildman–Crippen LogP) is 4.19. The summed E-state index contributed by atoms with van der Waals surface area (Å²) in [7, 11) is 0. The minimum Gasteiger partial charge on any atom is -0.467 e. The molecule has 9 heteroatoms. The zero-order valence-corrected chi connectivity index (χ0v) is 16.9. The van der Waals surface area contributed by atoms with Crippen molar-refractivity contribution in [3.8, 4) is 0 Å². The van der Waals surface area contributed by atoms with Crippen LogP contribution in [-0.2, 0) is 11.3 Å². The number of benzene rings is 2. The van der Waals surface area contributed by atoms with Gasteiger partial charge < -0.3 is 14.6 Å². The molecule has 0 bridgehead atoms. The van der Waals surface area contributed by atoms with Crippen LogP contribution in [0.5, 0.6) is 0 Å². The Hall–Kier alpha value is -3.59. The molecule has 0 unspecified atom stereocenters. The lowest BCUT2D eigenvalue weighted by Gasteiger charge is -2.21. The lowest BCUT2D eigenvalue weighted by Crippen LogP contribution is -2.37. The van der Waals surface area contributed by atoms with Crippen molar-refractivity contribution in [1.29, 1.82) is 0 Å². The molecule has 154 valence electrons. The molecule has 0 fully saturated rings. The summed E-state index contributed by atoms with van der Waals surface area (Å²) in [5.41, 5.74) is 0.575. The number of amides is 2. The van der Waals surface area contributed by atoms with E-state index >= 15 is 0 Å². The number of nitro benzene ring substituents is 1. The highest BCUT2D eigenvalue weighted by atomic mass is 32.2. The van der Waals surface area contributed by atoms with Crippen molar-refractivity contribution in [2.24, 2.45) is 0 Å². The first kappa shape index (κ1) is 21.1. The molecule has 0 saturated heterocycles. The minimum atomic E-state index is -0.526. The van der Waals surface area contributed by atoms with Gasteiger partial charge in [-0.15, -0.1) is 11.8 Å². The maximum absolute atomic E-state index is 13.1. The molecule has 3 aromatic rings. The van der Waals surface area contributed by atoms with Gasteiger partial charge in [-0.05, 0) is 42.7 Å². The smallest absolute Gasteiger partial charge is 0.283 e. The number of hydrogen-bond donors (Lipinski definition) is 1. The third-order valence-electron chi connectivity index (χ3n) is 4.23. The first-order valence-corrected chi connectivity index (χ1v) is 10.2. The summed E-state index contributed by atoms with van der Waals surface area (Å²) in [5.74, 6) is -0.409. The van der Waals surface area contributed by atoms with Crippen molar-refractivity contribution in [3.63, 3.8) is 0 Å². The van der Waals surface area contributed by atoms with Crippen molar-refractivity contribution in [1.82, 2.24) is 4.90 Å². The predicted molar refractivity (Wildman–Crippen MR) is 113 cm³/mol. The van der Waals surface area contributed by atoms with Gasteiger partial charge >= 0.3 is 0 Å². The number of para-hydroxylation sites is 1. The quantitative estimate of drug-likeness (QED) is 0.330. The molecule has 0 atom stereocenters. The normalized spacial score (nSPS) is 10.4. The van der Waals surface area contributed by atoms with Crippen LogP contribution in [0.4, 0.5) is 11.4 Å². The Balaban J connectivity index is 1.84. The highest BCUT2D eigenvalue weighted by molar-refractivity contribution is 7.98. The molecule has 0 radical (unpaired) electrons. The van der Waals surface area contributed by atoms with Gasteiger partial charge in [-0.25, -0.2) is 0 Å². The monoisotopic (exact) mass is 425 g/mol. The molecular formula is C21H19N3O5S. The second-order valence-electron chi connectivity index (χ2n) is 6.30. The van der Waals surface area contributed by atoms with Crippen LogP contribution in [0.1, 0.15) is 16.1 Å². The largest absolute Gasteiger partial charge is 0.467 e. The average Bonchev–Trinajstić information content (AvgIpc) is 3.26. The van der Waals surface area contributed by atoms with Crippen LogP contribution in [0, 0.1) is 10.1 Å². The molecule has 8 nitrogen and oxygen atoms in total. The number of carbonyl (C=O) groups excluding carboxylic acids is 2. The van der Waals surface area contributed by atoms with Crippen LogP contribution in [0.15, 0.2) is 76.2 Å². The lowest BCUT2D eigenvalue weighted by molar-refractivity contribution is -0.387. The number of thioether (sulfide) groups is 1. The van der Waals surface area contributed by atoms with Gasteiger partial charge in [0.15, 0.2) is 0 Å². The van der Waals surface area contributed by atoms with Crippen molar-refractivity contribution >= 4 is 35.0 Å². The van der Waals surface area contributed by atoms with Crippen LogP contribution in [0.2, 0.25) is 0 Å². The minimum absolute atomic E-state index is 0.0477. The van der Waals surface area contributed by atoms with E-state index in [2.05, 4.69) is 5.32 Å². The number of hydrogen-bond acceptors (Lipinski definition) is 6. The molecule has 0 saturated carbocycles. The number of nitrogens with zero attached hydrogens (tertiary/aromatic N) is 2. The SMILES string of the molecule is CSc1ccc(C(=O)N(CC(=O)Nc2ccccc2)Cc2ccco2)cc1[N+](=O)[O-]. The Labute approximate surface area is 177 Å². The van der Waals surface area contributed by atoms with E-state index in [1.165, 1.54) is 41.1 Å². The van der Waals surface area contributed by atoms with E-state index in [-0.39, 0.29) is 24.3 Å². The van der Waals surface area contributed by atoms with E-state index in [0.717, 1.165) is 0 Å². The van der Waals surface area contributed by atoms with Crippen molar-refractivity contribution in [2.45, 2.75) is 11.4 Å². The Morgan fingerprint density at radius 1 is 1.13 bits per heavy atom. The van der Waals surface area contributed by atoms with Gasteiger partial charge in [0, 0.05) is 17.3 Å². The van der Waals surface area contributed by atoms with Crippen LogP contribution in [0.3, 0.4) is 0 Å². The summed E-state index contributed by atoms with van der Waals surface area (Å²) in [5, 5.41) is 14.1. The zero-order chi connectivity index (χ0) is 21.5. The molecular weight excluding hydrogens is 406 g/mol. The number of carbonyl (C=O) groups is 2. The average molecular weight is 425 g/mol. The number of nitro groups is 1. The molecule has 1 N–H and O–H groups in total. The standard InChI is InChI=1S/C21H19N3O5S/c1-30-19-10-9-15(12-18(19)24(27)28)21(26)23(13-17-8-5-11-29-17)14-20(25)22-16-6-3-2-4-7-16/h2-12H,13-14H2,1H3,(H,22,25). The summed E-state index contributed by atoms with van der Waals surface area (Å²) in [4.78, 5) is 38.2. The van der Waals surface area contributed by atoms with E-state index in [9.17, 15) is 19.7 Å². The molecule has 2 aromatic carbocycles. The van der Waals surface area contributed by atoms with Crippen LogP contribution in [-0.4, -0.2) is 34.4 Å². The van der Waals surface area contributed by atoms with Gasteiger partial charge in [-0.2, -0.15) is 0 Å². The van der Waals surface area contributed by atoms with E-state index in [0.29, 0.717) is 16.3 Å². The highest BCUT2D eigenvalue weighted by Crippen LogP contribution is 2.29. The molecule has 0 spiro atoms. The van der Waals surface area contributed by atoms with Gasteiger partial charge in [0.1, 0.15) is 12.3 Å². The van der Waals surface area contributed by atoms with Crippen molar-refractivity contribution in [3.05, 3.63) is 88.4 Å². The van der Waals surface area contributed by atoms with Crippen LogP contribution >= 0.6 is 11.8 Å².